The zero-order chi connectivity index (χ0) is 10.6. The molecule has 0 radical (unpaired) electrons. The van der Waals surface area contributed by atoms with Gasteiger partial charge in [-0.25, -0.2) is 0 Å². The Morgan fingerprint density at radius 1 is 1.57 bits per heavy atom. The van der Waals surface area contributed by atoms with E-state index in [0.717, 1.165) is 17.4 Å². The van der Waals surface area contributed by atoms with Crippen LogP contribution in [0.1, 0.15) is 5.69 Å². The van der Waals surface area contributed by atoms with Gasteiger partial charge in [-0.2, -0.15) is 0 Å². The predicted molar refractivity (Wildman–Crippen MR) is 57.5 cm³/mol. The normalized spacial score (nSPS) is 9.93. The molecule has 0 saturated heterocycles. The lowest BCUT2D eigenvalue weighted by molar-refractivity contribution is -0.433. The zero-order valence-electron chi connectivity index (χ0n) is 8.16. The van der Waals surface area contributed by atoms with Gasteiger partial charge in [-0.15, -0.1) is 0 Å². The summed E-state index contributed by atoms with van der Waals surface area (Å²) in [6.07, 6.45) is 0.796. The van der Waals surface area contributed by atoms with Gasteiger partial charge in [0, 0.05) is 11.8 Å². The Balaban J connectivity index is 3.07. The summed E-state index contributed by atoms with van der Waals surface area (Å²) in [6, 6.07) is 3.61. The van der Waals surface area contributed by atoms with Crippen molar-refractivity contribution in [3.8, 4) is 5.75 Å². The second-order valence-electron chi connectivity index (χ2n) is 2.76. The minimum Gasteiger partial charge on any atom is -0.489 e. The van der Waals surface area contributed by atoms with Crippen LogP contribution in [0.2, 0.25) is 0 Å². The van der Waals surface area contributed by atoms with Crippen LogP contribution in [0, 0.1) is 4.91 Å². The fraction of sp³-hybridized carbons (Fsp3) is 0.444. The van der Waals surface area contributed by atoms with Crippen LogP contribution in [0.3, 0.4) is 0 Å². The Hall–Kier alpha value is -0.970. The lowest BCUT2D eigenvalue weighted by Gasteiger charge is -1.99. The molecule has 14 heavy (non-hydrogen) atoms. The van der Waals surface area contributed by atoms with Crippen LogP contribution in [0.4, 0.5) is 5.82 Å². The molecule has 0 aliphatic heterocycles. The van der Waals surface area contributed by atoms with E-state index >= 15 is 0 Å². The van der Waals surface area contributed by atoms with Crippen LogP contribution >= 0.6 is 15.9 Å². The van der Waals surface area contributed by atoms with Crippen LogP contribution < -0.4 is 4.74 Å². The van der Waals surface area contributed by atoms with Gasteiger partial charge in [-0.3, -0.25) is 0 Å². The molecule has 0 bridgehead atoms. The van der Waals surface area contributed by atoms with E-state index in [0.29, 0.717) is 16.3 Å². The van der Waals surface area contributed by atoms with Gasteiger partial charge in [0.25, 0.3) is 0 Å². The number of pyridine rings is 1. The monoisotopic (exact) mass is 259 g/mol. The Labute approximate surface area is 91.0 Å². The number of aryl methyl sites for hydroxylation is 1. The average molecular weight is 260 g/mol. The van der Waals surface area contributed by atoms with E-state index in [2.05, 4.69) is 20.9 Å². The third-order valence-corrected chi connectivity index (χ3v) is 2.16. The molecular formula is C9H12BrN2O2+. The van der Waals surface area contributed by atoms with Gasteiger partial charge < -0.3 is 4.74 Å². The molecule has 0 aromatic carbocycles. The molecule has 0 atom stereocenters. The van der Waals surface area contributed by atoms with Crippen molar-refractivity contribution in [3.63, 3.8) is 0 Å². The summed E-state index contributed by atoms with van der Waals surface area (Å²) >= 11 is 3.32. The molecule has 1 aromatic heterocycles. The summed E-state index contributed by atoms with van der Waals surface area (Å²) in [6.45, 7) is 0. The van der Waals surface area contributed by atoms with Gasteiger partial charge in [-0.1, -0.05) is 20.8 Å². The van der Waals surface area contributed by atoms with E-state index in [1.54, 1.807) is 6.07 Å². The molecular weight excluding hydrogens is 248 g/mol. The molecule has 0 aliphatic rings. The van der Waals surface area contributed by atoms with Crippen LogP contribution in [0.25, 0.3) is 0 Å². The smallest absolute Gasteiger partial charge is 0.403 e. The van der Waals surface area contributed by atoms with Crippen molar-refractivity contribution in [2.24, 2.45) is 0 Å². The number of nitrogens with zero attached hydrogens (tertiary/aromatic N) is 2. The third-order valence-electron chi connectivity index (χ3n) is 1.77. The fourth-order valence-electron chi connectivity index (χ4n) is 1.10. The van der Waals surface area contributed by atoms with Gasteiger partial charge in [-0.05, 0) is 21.9 Å². The highest BCUT2D eigenvalue weighted by atomic mass is 79.9. The van der Waals surface area contributed by atoms with Gasteiger partial charge in [0.1, 0.15) is 7.05 Å². The summed E-state index contributed by atoms with van der Waals surface area (Å²) in [5.74, 6) is 0.826. The first kappa shape index (κ1) is 11.1. The van der Waals surface area contributed by atoms with Crippen LogP contribution in [0.15, 0.2) is 12.1 Å². The van der Waals surface area contributed by atoms with E-state index in [-0.39, 0.29) is 0 Å². The second kappa shape index (κ2) is 5.05. The van der Waals surface area contributed by atoms with Crippen molar-refractivity contribution >= 4 is 21.7 Å². The van der Waals surface area contributed by atoms with Gasteiger partial charge >= 0.3 is 5.82 Å². The molecule has 0 unspecified atom stereocenters. The summed E-state index contributed by atoms with van der Waals surface area (Å²) in [5.41, 5.74) is 0.875. The van der Waals surface area contributed by atoms with Crippen LogP contribution in [-0.2, 0) is 6.42 Å². The van der Waals surface area contributed by atoms with Crippen molar-refractivity contribution < 1.29 is 9.50 Å². The Morgan fingerprint density at radius 3 is 2.79 bits per heavy atom. The molecule has 76 valence electrons. The Bertz CT molecular complexity index is 342. The van der Waals surface area contributed by atoms with E-state index in [1.165, 1.54) is 14.2 Å². The molecule has 1 aromatic rings. The molecule has 0 amide bonds. The maximum Gasteiger partial charge on any atom is 0.403 e. The molecule has 5 heteroatoms. The summed E-state index contributed by atoms with van der Waals surface area (Å²) in [7, 11) is 2.93. The van der Waals surface area contributed by atoms with Crippen LogP contribution in [0.5, 0.6) is 5.75 Å². The molecule has 1 rings (SSSR count). The SMILES string of the molecule is COc1ccc(CCBr)nc1[N+](C)=O. The number of methoxy groups -OCH3 is 1. The van der Waals surface area contributed by atoms with E-state index in [4.69, 9.17) is 4.74 Å². The number of alkyl halides is 1. The summed E-state index contributed by atoms with van der Waals surface area (Å²) in [5, 5.41) is 0.828. The molecule has 0 saturated carbocycles. The number of aromatic nitrogens is 1. The number of nitroso groups, excluding NO2 is 1. The molecule has 0 fully saturated rings. The second-order valence-corrected chi connectivity index (χ2v) is 3.56. The quantitative estimate of drug-likeness (QED) is 0.614. The van der Waals surface area contributed by atoms with Gasteiger partial charge in [0.05, 0.1) is 7.11 Å². The first-order valence-electron chi connectivity index (χ1n) is 4.19. The molecule has 4 nitrogen and oxygen atoms in total. The standard InChI is InChI=1S/C9H12BrN2O2/c1-12(13)9-8(14-2)4-3-7(11-9)5-6-10/h3-4H,5-6H2,1-2H3/q+1. The molecule has 0 N–H and O–H groups in total. The minimum atomic E-state index is 0.325. The molecule has 1 heterocycles. The van der Waals surface area contributed by atoms with E-state index in [9.17, 15) is 4.91 Å². The number of rotatable bonds is 4. The van der Waals surface area contributed by atoms with Crippen molar-refractivity contribution in [1.29, 1.82) is 0 Å². The Morgan fingerprint density at radius 2 is 2.29 bits per heavy atom. The fourth-order valence-corrected chi connectivity index (χ4v) is 1.50. The third kappa shape index (κ3) is 2.51. The maximum atomic E-state index is 11.1. The number of ether oxygens (including phenoxy) is 1. The topological polar surface area (TPSA) is 42.2 Å². The van der Waals surface area contributed by atoms with E-state index in [1.807, 2.05) is 6.07 Å². The van der Waals surface area contributed by atoms with Crippen molar-refractivity contribution in [2.75, 3.05) is 19.5 Å². The zero-order valence-corrected chi connectivity index (χ0v) is 9.74. The lowest BCUT2D eigenvalue weighted by Crippen LogP contribution is -2.01. The molecule has 0 aliphatic carbocycles. The predicted octanol–water partition coefficient (Wildman–Crippen LogP) is 2.07. The Kier molecular flexibility index (Phi) is 4.00. The molecule has 0 spiro atoms. The minimum absolute atomic E-state index is 0.325. The highest BCUT2D eigenvalue weighted by Crippen LogP contribution is 2.23. The average Bonchev–Trinajstić information content (AvgIpc) is 2.18. The van der Waals surface area contributed by atoms with Crippen molar-refractivity contribution in [1.82, 2.24) is 4.98 Å². The largest absolute Gasteiger partial charge is 0.489 e. The van der Waals surface area contributed by atoms with Crippen LogP contribution in [-0.4, -0.2) is 29.2 Å². The summed E-state index contributed by atoms with van der Waals surface area (Å²) < 4.78 is 5.73. The number of hydrogen-bond acceptors (Lipinski definition) is 3. The summed E-state index contributed by atoms with van der Waals surface area (Å²) in [4.78, 5) is 15.3. The highest BCUT2D eigenvalue weighted by molar-refractivity contribution is 9.09. The first-order valence-corrected chi connectivity index (χ1v) is 5.32. The van der Waals surface area contributed by atoms with Gasteiger partial charge in [0.15, 0.2) is 5.69 Å². The lowest BCUT2D eigenvalue weighted by atomic mass is 10.3. The van der Waals surface area contributed by atoms with Gasteiger partial charge in [0.2, 0.25) is 5.75 Å². The maximum absolute atomic E-state index is 11.1. The van der Waals surface area contributed by atoms with Crippen molar-refractivity contribution in [3.05, 3.63) is 22.7 Å². The number of halogens is 1. The first-order chi connectivity index (χ1) is 6.69. The van der Waals surface area contributed by atoms with Crippen molar-refractivity contribution in [2.45, 2.75) is 6.42 Å². The van der Waals surface area contributed by atoms with E-state index < -0.39 is 0 Å². The highest BCUT2D eigenvalue weighted by Gasteiger charge is 2.18. The number of hydrogen-bond donors (Lipinski definition) is 0.